The van der Waals surface area contributed by atoms with Gasteiger partial charge in [0.15, 0.2) is 0 Å². The summed E-state index contributed by atoms with van der Waals surface area (Å²) in [6.07, 6.45) is 5.46. The summed E-state index contributed by atoms with van der Waals surface area (Å²) >= 11 is 1.70. The molecule has 9 heteroatoms. The molecule has 160 valence electrons. The lowest BCUT2D eigenvalue weighted by molar-refractivity contribution is -0.132. The molecule has 29 heavy (non-hydrogen) atoms. The van der Waals surface area contributed by atoms with Gasteiger partial charge in [-0.1, -0.05) is 18.2 Å². The number of piperidine rings is 1. The smallest absolute Gasteiger partial charge is 0.246 e. The molecule has 1 aromatic rings. The molecule has 7 nitrogen and oxygen atoms in total. The van der Waals surface area contributed by atoms with Gasteiger partial charge in [-0.15, -0.1) is 6.58 Å². The monoisotopic (exact) mass is 439 g/mol. The zero-order valence-corrected chi connectivity index (χ0v) is 18.6. The van der Waals surface area contributed by atoms with Crippen molar-refractivity contribution in [1.82, 2.24) is 14.5 Å². The Labute approximate surface area is 177 Å². The van der Waals surface area contributed by atoms with Crippen molar-refractivity contribution in [3.05, 3.63) is 36.4 Å². The first-order chi connectivity index (χ1) is 13.8. The van der Waals surface area contributed by atoms with E-state index in [0.29, 0.717) is 24.9 Å². The number of thioether (sulfide) groups is 1. The molecular weight excluding hydrogens is 410 g/mol. The van der Waals surface area contributed by atoms with Crippen molar-refractivity contribution in [2.24, 2.45) is 0 Å². The number of nitrogens with zero attached hydrogens (tertiary/aromatic N) is 2. The summed E-state index contributed by atoms with van der Waals surface area (Å²) in [7, 11) is -3.80. The van der Waals surface area contributed by atoms with Crippen LogP contribution in [0.5, 0.6) is 5.75 Å². The molecular formula is C20H29N3O4S2. The van der Waals surface area contributed by atoms with E-state index in [9.17, 15) is 18.3 Å². The van der Waals surface area contributed by atoms with Gasteiger partial charge in [0.1, 0.15) is 10.6 Å². The number of aryl methyl sites for hydroxylation is 1. The summed E-state index contributed by atoms with van der Waals surface area (Å²) in [5, 5.41) is 13.8. The van der Waals surface area contributed by atoms with Crippen LogP contribution < -0.4 is 5.32 Å². The Morgan fingerprint density at radius 1 is 1.38 bits per heavy atom. The lowest BCUT2D eigenvalue weighted by Gasteiger charge is -2.44. The van der Waals surface area contributed by atoms with Crippen molar-refractivity contribution < 1.29 is 18.3 Å². The molecule has 1 aromatic carbocycles. The number of aromatic hydroxyl groups is 1. The topological polar surface area (TPSA) is 90.0 Å². The van der Waals surface area contributed by atoms with E-state index in [4.69, 9.17) is 0 Å². The molecule has 1 spiro atoms. The number of hydrogen-bond donors (Lipinski definition) is 2. The highest BCUT2D eigenvalue weighted by molar-refractivity contribution is 7.98. The summed E-state index contributed by atoms with van der Waals surface area (Å²) in [6.45, 7) is 6.44. The molecule has 2 fully saturated rings. The Kier molecular flexibility index (Phi) is 6.62. The fraction of sp³-hybridized carbons (Fsp3) is 0.550. The van der Waals surface area contributed by atoms with Crippen molar-refractivity contribution in [3.63, 3.8) is 0 Å². The van der Waals surface area contributed by atoms with Gasteiger partial charge >= 0.3 is 0 Å². The lowest BCUT2D eigenvalue weighted by atomic mass is 9.97. The molecule has 0 aliphatic carbocycles. The Morgan fingerprint density at radius 2 is 2.07 bits per heavy atom. The number of carbonyl (C=O) groups is 1. The number of phenols is 1. The summed E-state index contributed by atoms with van der Waals surface area (Å²) < 4.78 is 27.6. The minimum absolute atomic E-state index is 0.0617. The predicted octanol–water partition coefficient (Wildman–Crippen LogP) is 1.92. The molecule has 0 radical (unpaired) electrons. The zero-order valence-electron chi connectivity index (χ0n) is 16.9. The average Bonchev–Trinajstić information content (AvgIpc) is 2.94. The number of nitrogens with one attached hydrogen (secondary N) is 1. The first-order valence-electron chi connectivity index (χ1n) is 9.74. The van der Waals surface area contributed by atoms with Gasteiger partial charge in [-0.2, -0.15) is 16.1 Å². The quantitative estimate of drug-likeness (QED) is 0.631. The second-order valence-electron chi connectivity index (χ2n) is 7.57. The molecule has 0 bridgehead atoms. The number of carbonyl (C=O) groups excluding carboxylic acids is 1. The summed E-state index contributed by atoms with van der Waals surface area (Å²) in [5.41, 5.74) is -0.0222. The van der Waals surface area contributed by atoms with E-state index in [1.54, 1.807) is 36.9 Å². The molecule has 0 aromatic heterocycles. The van der Waals surface area contributed by atoms with E-state index in [0.717, 1.165) is 12.2 Å². The normalized spacial score (nSPS) is 22.3. The largest absolute Gasteiger partial charge is 0.506 e. The number of hydrogen-bond acceptors (Lipinski definition) is 6. The number of rotatable bonds is 7. The lowest BCUT2D eigenvalue weighted by Crippen LogP contribution is -2.59. The standard InChI is InChI=1S/C20H29N3O4S2/c1-4-11-23-19(25)16(8-14-28-3)21-20(23)9-12-22(13-10-20)29(26,27)17-7-5-6-15(2)18(17)24/h4-7,16,21,24H,1,8-14H2,2-3H3. The Morgan fingerprint density at radius 3 is 2.69 bits per heavy atom. The van der Waals surface area contributed by atoms with Gasteiger partial charge in [0.25, 0.3) is 0 Å². The first-order valence-corrected chi connectivity index (χ1v) is 12.6. The maximum Gasteiger partial charge on any atom is 0.246 e. The van der Waals surface area contributed by atoms with Crippen LogP contribution in [-0.4, -0.2) is 72.0 Å². The fourth-order valence-corrected chi connectivity index (χ4v) is 6.25. The van der Waals surface area contributed by atoms with Crippen molar-refractivity contribution >= 4 is 27.7 Å². The summed E-state index contributed by atoms with van der Waals surface area (Å²) in [4.78, 5) is 14.7. The minimum Gasteiger partial charge on any atom is -0.506 e. The van der Waals surface area contributed by atoms with E-state index in [-0.39, 0.29) is 35.7 Å². The van der Waals surface area contributed by atoms with E-state index in [2.05, 4.69) is 11.9 Å². The van der Waals surface area contributed by atoms with Crippen molar-refractivity contribution in [1.29, 1.82) is 0 Å². The van der Waals surface area contributed by atoms with E-state index in [1.807, 2.05) is 11.2 Å². The number of amides is 1. The van der Waals surface area contributed by atoms with Gasteiger partial charge in [-0.25, -0.2) is 8.42 Å². The molecule has 2 heterocycles. The highest BCUT2D eigenvalue weighted by Gasteiger charge is 2.51. The van der Waals surface area contributed by atoms with Gasteiger partial charge in [-0.05, 0) is 49.8 Å². The van der Waals surface area contributed by atoms with E-state index >= 15 is 0 Å². The highest BCUT2D eigenvalue weighted by atomic mass is 32.2. The number of benzene rings is 1. The third-order valence-electron chi connectivity index (χ3n) is 5.81. The Balaban J connectivity index is 1.80. The van der Waals surface area contributed by atoms with E-state index < -0.39 is 15.7 Å². The van der Waals surface area contributed by atoms with Gasteiger partial charge in [-0.3, -0.25) is 10.1 Å². The third kappa shape index (κ3) is 4.05. The highest BCUT2D eigenvalue weighted by Crippen LogP contribution is 2.36. The molecule has 3 rings (SSSR count). The molecule has 2 aliphatic rings. The average molecular weight is 440 g/mol. The maximum atomic E-state index is 13.1. The van der Waals surface area contributed by atoms with Crippen LogP contribution in [0, 0.1) is 6.92 Å². The van der Waals surface area contributed by atoms with Gasteiger partial charge in [0, 0.05) is 19.6 Å². The van der Waals surface area contributed by atoms with Crippen LogP contribution in [0.25, 0.3) is 0 Å². The second kappa shape index (κ2) is 8.67. The first kappa shape index (κ1) is 22.1. The van der Waals surface area contributed by atoms with Crippen molar-refractivity contribution in [2.75, 3.05) is 31.6 Å². The van der Waals surface area contributed by atoms with Gasteiger partial charge in [0.2, 0.25) is 15.9 Å². The van der Waals surface area contributed by atoms with E-state index in [1.165, 1.54) is 10.4 Å². The molecule has 0 saturated carbocycles. The van der Waals surface area contributed by atoms with Crippen LogP contribution in [0.15, 0.2) is 35.7 Å². The van der Waals surface area contributed by atoms with Crippen LogP contribution in [0.1, 0.15) is 24.8 Å². The number of para-hydroxylation sites is 1. The van der Waals surface area contributed by atoms with Crippen LogP contribution >= 0.6 is 11.8 Å². The van der Waals surface area contributed by atoms with Crippen LogP contribution in [-0.2, 0) is 14.8 Å². The van der Waals surface area contributed by atoms with Crippen molar-refractivity contribution in [2.45, 2.75) is 42.8 Å². The van der Waals surface area contributed by atoms with Crippen molar-refractivity contribution in [3.8, 4) is 5.75 Å². The summed E-state index contributed by atoms with van der Waals surface area (Å²) in [6, 6.07) is 4.50. The SMILES string of the molecule is C=CCN1C(=O)C(CCSC)NC12CCN(S(=O)(=O)c1cccc(C)c1O)CC2. The van der Waals surface area contributed by atoms with Gasteiger partial charge < -0.3 is 10.0 Å². The zero-order chi connectivity index (χ0) is 21.2. The number of sulfonamides is 1. The molecule has 1 atom stereocenters. The maximum absolute atomic E-state index is 13.1. The third-order valence-corrected chi connectivity index (χ3v) is 8.39. The second-order valence-corrected chi connectivity index (χ2v) is 10.5. The molecule has 2 aliphatic heterocycles. The Bertz CT molecular complexity index is 880. The molecule has 1 amide bonds. The number of phenolic OH excluding ortho intramolecular Hbond substituents is 1. The predicted molar refractivity (Wildman–Crippen MR) is 115 cm³/mol. The molecule has 2 N–H and O–H groups in total. The fourth-order valence-electron chi connectivity index (χ4n) is 4.18. The Hall–Kier alpha value is -1.55. The molecule has 1 unspecified atom stereocenters. The van der Waals surface area contributed by atoms with Crippen LogP contribution in [0.4, 0.5) is 0 Å². The minimum atomic E-state index is -3.80. The molecule has 2 saturated heterocycles. The summed E-state index contributed by atoms with van der Waals surface area (Å²) in [5.74, 6) is 0.744. The van der Waals surface area contributed by atoms with Gasteiger partial charge in [0.05, 0.1) is 11.7 Å². The van der Waals surface area contributed by atoms with Crippen LogP contribution in [0.3, 0.4) is 0 Å². The van der Waals surface area contributed by atoms with Crippen LogP contribution in [0.2, 0.25) is 0 Å².